The maximum absolute atomic E-state index is 6.24. The standard InChI is InChI=1S/C18H14Cl3N3S/c1-2-8-24-17(12-4-3-5-14(19)9-12)22-23-18(24)25-11-13-6-7-15(20)10-16(13)21/h2-7,9-10H,1,8,11H2. The average molecular weight is 411 g/mol. The van der Waals surface area contributed by atoms with Gasteiger partial charge in [-0.1, -0.05) is 70.8 Å². The summed E-state index contributed by atoms with van der Waals surface area (Å²) >= 11 is 19.8. The molecule has 1 aromatic heterocycles. The Morgan fingerprint density at radius 3 is 2.56 bits per heavy atom. The van der Waals surface area contributed by atoms with E-state index in [9.17, 15) is 0 Å². The quantitative estimate of drug-likeness (QED) is 0.349. The minimum Gasteiger partial charge on any atom is -0.298 e. The highest BCUT2D eigenvalue weighted by Gasteiger charge is 2.14. The van der Waals surface area contributed by atoms with Crippen LogP contribution in [0.4, 0.5) is 0 Å². The molecule has 0 aliphatic carbocycles. The molecule has 0 saturated carbocycles. The van der Waals surface area contributed by atoms with Gasteiger partial charge in [0.2, 0.25) is 0 Å². The van der Waals surface area contributed by atoms with Gasteiger partial charge in [-0.2, -0.15) is 0 Å². The zero-order chi connectivity index (χ0) is 17.8. The van der Waals surface area contributed by atoms with Crippen LogP contribution in [0.25, 0.3) is 11.4 Å². The molecule has 2 aromatic carbocycles. The molecule has 0 saturated heterocycles. The van der Waals surface area contributed by atoms with E-state index in [0.29, 0.717) is 27.4 Å². The van der Waals surface area contributed by atoms with Crippen LogP contribution < -0.4 is 0 Å². The summed E-state index contributed by atoms with van der Waals surface area (Å²) < 4.78 is 2.01. The lowest BCUT2D eigenvalue weighted by Gasteiger charge is -2.09. The van der Waals surface area contributed by atoms with Crippen molar-refractivity contribution >= 4 is 46.6 Å². The van der Waals surface area contributed by atoms with Crippen molar-refractivity contribution in [3.8, 4) is 11.4 Å². The van der Waals surface area contributed by atoms with Gasteiger partial charge in [0.25, 0.3) is 0 Å². The van der Waals surface area contributed by atoms with Gasteiger partial charge < -0.3 is 0 Å². The van der Waals surface area contributed by atoms with Gasteiger partial charge in [0.1, 0.15) is 0 Å². The normalized spacial score (nSPS) is 10.8. The average Bonchev–Trinajstić information content (AvgIpc) is 2.97. The molecule has 7 heteroatoms. The smallest absolute Gasteiger partial charge is 0.192 e. The largest absolute Gasteiger partial charge is 0.298 e. The minimum absolute atomic E-state index is 0.603. The molecule has 3 rings (SSSR count). The third-order valence-electron chi connectivity index (χ3n) is 3.48. The van der Waals surface area contributed by atoms with Crippen LogP contribution in [0.5, 0.6) is 0 Å². The van der Waals surface area contributed by atoms with E-state index in [4.69, 9.17) is 34.8 Å². The van der Waals surface area contributed by atoms with Crippen LogP contribution in [-0.4, -0.2) is 14.8 Å². The third kappa shape index (κ3) is 4.39. The first-order chi connectivity index (χ1) is 12.1. The Hall–Kier alpha value is -1.46. The summed E-state index contributed by atoms with van der Waals surface area (Å²) in [6, 6.07) is 13.0. The van der Waals surface area contributed by atoms with Crippen LogP contribution in [0, 0.1) is 0 Å². The number of aromatic nitrogens is 3. The number of thioether (sulfide) groups is 1. The lowest BCUT2D eigenvalue weighted by atomic mass is 10.2. The van der Waals surface area contributed by atoms with Crippen molar-refractivity contribution in [3.63, 3.8) is 0 Å². The summed E-state index contributed by atoms with van der Waals surface area (Å²) in [5.41, 5.74) is 1.91. The molecule has 128 valence electrons. The van der Waals surface area contributed by atoms with Gasteiger partial charge >= 0.3 is 0 Å². The highest BCUT2D eigenvalue weighted by atomic mass is 35.5. The van der Waals surface area contributed by atoms with Gasteiger partial charge in [-0.05, 0) is 29.8 Å². The summed E-state index contributed by atoms with van der Waals surface area (Å²) in [4.78, 5) is 0. The van der Waals surface area contributed by atoms with Crippen molar-refractivity contribution in [2.75, 3.05) is 0 Å². The van der Waals surface area contributed by atoms with Gasteiger partial charge in [-0.3, -0.25) is 4.57 Å². The van der Waals surface area contributed by atoms with Crippen LogP contribution in [0.15, 0.2) is 60.3 Å². The molecule has 25 heavy (non-hydrogen) atoms. The fourth-order valence-electron chi connectivity index (χ4n) is 2.31. The molecule has 0 radical (unpaired) electrons. The lowest BCUT2D eigenvalue weighted by molar-refractivity contribution is 0.731. The van der Waals surface area contributed by atoms with Gasteiger partial charge in [0, 0.05) is 32.9 Å². The van der Waals surface area contributed by atoms with Crippen LogP contribution in [0.3, 0.4) is 0 Å². The van der Waals surface area contributed by atoms with Crippen LogP contribution in [0.2, 0.25) is 15.1 Å². The number of halogens is 3. The molecular formula is C18H14Cl3N3S. The fraction of sp³-hybridized carbons (Fsp3) is 0.111. The first-order valence-corrected chi connectivity index (χ1v) is 9.57. The molecule has 0 aliphatic heterocycles. The van der Waals surface area contributed by atoms with Crippen LogP contribution in [0.1, 0.15) is 5.56 Å². The Bertz CT molecular complexity index is 908. The fourth-order valence-corrected chi connectivity index (χ4v) is 4.01. The zero-order valence-electron chi connectivity index (χ0n) is 13.1. The van der Waals surface area contributed by atoms with E-state index in [0.717, 1.165) is 22.1 Å². The van der Waals surface area contributed by atoms with E-state index < -0.39 is 0 Å². The number of allylic oxidation sites excluding steroid dienone is 1. The van der Waals surface area contributed by atoms with Crippen LogP contribution >= 0.6 is 46.6 Å². The first-order valence-electron chi connectivity index (χ1n) is 7.45. The number of rotatable bonds is 6. The van der Waals surface area contributed by atoms with Gasteiger partial charge in [-0.25, -0.2) is 0 Å². The van der Waals surface area contributed by atoms with Crippen molar-refractivity contribution in [1.82, 2.24) is 14.8 Å². The summed E-state index contributed by atoms with van der Waals surface area (Å²) in [7, 11) is 0. The Balaban J connectivity index is 1.87. The lowest BCUT2D eigenvalue weighted by Crippen LogP contribution is -2.00. The van der Waals surface area contributed by atoms with Crippen LogP contribution in [-0.2, 0) is 12.3 Å². The Labute approximate surface area is 165 Å². The molecular weight excluding hydrogens is 397 g/mol. The maximum Gasteiger partial charge on any atom is 0.192 e. The molecule has 0 amide bonds. The van der Waals surface area contributed by atoms with Gasteiger partial charge in [0.05, 0.1) is 0 Å². The zero-order valence-corrected chi connectivity index (χ0v) is 16.2. The number of hydrogen-bond acceptors (Lipinski definition) is 3. The Kier molecular flexibility index (Phi) is 6.07. The summed E-state index contributed by atoms with van der Waals surface area (Å²) in [5.74, 6) is 1.42. The highest BCUT2D eigenvalue weighted by molar-refractivity contribution is 7.98. The molecule has 3 aromatic rings. The second kappa shape index (κ2) is 8.28. The Morgan fingerprint density at radius 2 is 1.84 bits per heavy atom. The van der Waals surface area contributed by atoms with Crippen molar-refractivity contribution < 1.29 is 0 Å². The molecule has 0 fully saturated rings. The molecule has 1 heterocycles. The highest BCUT2D eigenvalue weighted by Crippen LogP contribution is 2.30. The Morgan fingerprint density at radius 1 is 1.04 bits per heavy atom. The van der Waals surface area contributed by atoms with Crippen molar-refractivity contribution in [2.45, 2.75) is 17.5 Å². The molecule has 0 unspecified atom stereocenters. The first kappa shape index (κ1) is 18.3. The predicted molar refractivity (Wildman–Crippen MR) is 107 cm³/mol. The summed E-state index contributed by atoms with van der Waals surface area (Å²) in [5, 5.41) is 11.4. The third-order valence-corrected chi connectivity index (χ3v) is 5.32. The molecule has 0 N–H and O–H groups in total. The van der Waals surface area contributed by atoms with E-state index in [2.05, 4.69) is 16.8 Å². The topological polar surface area (TPSA) is 30.7 Å². The van der Waals surface area contributed by atoms with Gasteiger partial charge in [0.15, 0.2) is 11.0 Å². The summed E-state index contributed by atoms with van der Waals surface area (Å²) in [6.45, 7) is 4.43. The van der Waals surface area contributed by atoms with Crippen molar-refractivity contribution in [2.24, 2.45) is 0 Å². The van der Waals surface area contributed by atoms with E-state index in [1.165, 1.54) is 0 Å². The van der Waals surface area contributed by atoms with Crippen molar-refractivity contribution in [1.29, 1.82) is 0 Å². The van der Waals surface area contributed by atoms with E-state index in [1.807, 2.05) is 47.0 Å². The molecule has 0 bridgehead atoms. The minimum atomic E-state index is 0.603. The number of benzene rings is 2. The van der Waals surface area contributed by atoms with E-state index in [1.54, 1.807) is 17.8 Å². The monoisotopic (exact) mass is 409 g/mol. The second-order valence-electron chi connectivity index (χ2n) is 5.24. The predicted octanol–water partition coefficient (Wildman–Crippen LogP) is 6.38. The molecule has 0 atom stereocenters. The van der Waals surface area contributed by atoms with Crippen molar-refractivity contribution in [3.05, 3.63) is 75.8 Å². The second-order valence-corrected chi connectivity index (χ2v) is 7.46. The molecule has 0 aliphatic rings. The van der Waals surface area contributed by atoms with E-state index >= 15 is 0 Å². The molecule has 3 nitrogen and oxygen atoms in total. The maximum atomic E-state index is 6.24. The molecule has 0 spiro atoms. The summed E-state index contributed by atoms with van der Waals surface area (Å²) in [6.07, 6.45) is 1.82. The number of nitrogens with zero attached hydrogens (tertiary/aromatic N) is 3. The number of hydrogen-bond donors (Lipinski definition) is 0. The van der Waals surface area contributed by atoms with E-state index in [-0.39, 0.29) is 0 Å². The van der Waals surface area contributed by atoms with Gasteiger partial charge in [-0.15, -0.1) is 16.8 Å². The SMILES string of the molecule is C=CCn1c(SCc2ccc(Cl)cc2Cl)nnc1-c1cccc(Cl)c1.